The van der Waals surface area contributed by atoms with Gasteiger partial charge in [0.25, 0.3) is 0 Å². The van der Waals surface area contributed by atoms with Crippen LogP contribution < -0.4 is 10.1 Å². The minimum Gasteiger partial charge on any atom is -0.495 e. The zero-order valence-electron chi connectivity index (χ0n) is 15.4. The Hall–Kier alpha value is -1.75. The van der Waals surface area contributed by atoms with Crippen LogP contribution in [0.4, 0.5) is 5.69 Å². The van der Waals surface area contributed by atoms with Crippen LogP contribution in [0.25, 0.3) is 0 Å². The van der Waals surface area contributed by atoms with Gasteiger partial charge in [-0.2, -0.15) is 0 Å². The van der Waals surface area contributed by atoms with Gasteiger partial charge in [-0.1, -0.05) is 25.4 Å². The van der Waals surface area contributed by atoms with Crippen molar-refractivity contribution in [2.75, 3.05) is 25.5 Å². The van der Waals surface area contributed by atoms with E-state index in [0.29, 0.717) is 54.7 Å². The molecule has 1 aliphatic heterocycles. The number of likely N-dealkylation sites (tertiary alicyclic amines) is 1. The van der Waals surface area contributed by atoms with E-state index in [4.69, 9.17) is 16.3 Å². The quantitative estimate of drug-likeness (QED) is 0.860. The summed E-state index contributed by atoms with van der Waals surface area (Å²) in [5.74, 6) is 0.964. The van der Waals surface area contributed by atoms with E-state index in [1.54, 1.807) is 13.2 Å². The summed E-state index contributed by atoms with van der Waals surface area (Å²) in [5, 5.41) is 3.55. The van der Waals surface area contributed by atoms with Crippen molar-refractivity contribution in [1.82, 2.24) is 4.90 Å². The van der Waals surface area contributed by atoms with E-state index in [2.05, 4.69) is 5.32 Å². The minimum absolute atomic E-state index is 0.0315. The van der Waals surface area contributed by atoms with Crippen LogP contribution in [0.5, 0.6) is 5.75 Å². The van der Waals surface area contributed by atoms with Crippen LogP contribution in [-0.2, 0) is 9.59 Å². The molecule has 0 atom stereocenters. The monoisotopic (exact) mass is 366 g/mol. The number of rotatable bonds is 5. The maximum atomic E-state index is 12.6. The van der Waals surface area contributed by atoms with Crippen LogP contribution in [0, 0.1) is 18.8 Å². The average molecular weight is 367 g/mol. The molecule has 25 heavy (non-hydrogen) atoms. The van der Waals surface area contributed by atoms with E-state index in [-0.39, 0.29) is 17.7 Å². The lowest BCUT2D eigenvalue weighted by Gasteiger charge is -2.32. The molecule has 1 aliphatic rings. The highest BCUT2D eigenvalue weighted by Gasteiger charge is 2.28. The molecule has 1 N–H and O–H groups in total. The first-order valence-corrected chi connectivity index (χ1v) is 9.12. The van der Waals surface area contributed by atoms with Crippen molar-refractivity contribution in [3.05, 3.63) is 22.7 Å². The van der Waals surface area contributed by atoms with Crippen molar-refractivity contribution >= 4 is 29.1 Å². The molecule has 1 heterocycles. The SMILES string of the molecule is COc1cc(Cl)c(C)cc1NC(=O)C1CCN(C(=O)CC(C)C)CC1. The second-order valence-corrected chi connectivity index (χ2v) is 7.45. The molecule has 5 nitrogen and oxygen atoms in total. The van der Waals surface area contributed by atoms with Crippen molar-refractivity contribution in [2.45, 2.75) is 40.0 Å². The highest BCUT2D eigenvalue weighted by atomic mass is 35.5. The summed E-state index contributed by atoms with van der Waals surface area (Å²) >= 11 is 6.10. The molecule has 1 aromatic rings. The fourth-order valence-electron chi connectivity index (χ4n) is 3.03. The molecule has 0 spiro atoms. The molecule has 1 aromatic carbocycles. The van der Waals surface area contributed by atoms with Crippen molar-refractivity contribution < 1.29 is 14.3 Å². The van der Waals surface area contributed by atoms with Gasteiger partial charge in [0.15, 0.2) is 0 Å². The Morgan fingerprint density at radius 3 is 2.52 bits per heavy atom. The van der Waals surface area contributed by atoms with Crippen molar-refractivity contribution in [1.29, 1.82) is 0 Å². The summed E-state index contributed by atoms with van der Waals surface area (Å²) in [6, 6.07) is 3.53. The molecule has 0 bridgehead atoms. The molecular formula is C19H27ClN2O3. The highest BCUT2D eigenvalue weighted by molar-refractivity contribution is 6.31. The van der Waals surface area contributed by atoms with E-state index in [1.807, 2.05) is 31.7 Å². The summed E-state index contributed by atoms with van der Waals surface area (Å²) in [5.41, 5.74) is 1.51. The van der Waals surface area contributed by atoms with Gasteiger partial charge in [-0.25, -0.2) is 0 Å². The number of hydrogen-bond acceptors (Lipinski definition) is 3. The molecule has 0 aromatic heterocycles. The number of aryl methyl sites for hydroxylation is 1. The number of hydrogen-bond donors (Lipinski definition) is 1. The molecular weight excluding hydrogens is 340 g/mol. The van der Waals surface area contributed by atoms with Gasteiger partial charge in [0.1, 0.15) is 5.75 Å². The molecule has 0 unspecified atom stereocenters. The van der Waals surface area contributed by atoms with Crippen LogP contribution >= 0.6 is 11.6 Å². The van der Waals surface area contributed by atoms with Gasteiger partial charge >= 0.3 is 0 Å². The largest absolute Gasteiger partial charge is 0.495 e. The number of carbonyl (C=O) groups is 2. The Labute approximate surface area is 154 Å². The Bertz CT molecular complexity index is 638. The number of piperidine rings is 1. The molecule has 1 fully saturated rings. The topological polar surface area (TPSA) is 58.6 Å². The normalized spacial score (nSPS) is 15.4. The zero-order chi connectivity index (χ0) is 18.6. The summed E-state index contributed by atoms with van der Waals surface area (Å²) in [6.45, 7) is 7.25. The number of amides is 2. The Morgan fingerprint density at radius 1 is 1.32 bits per heavy atom. The maximum absolute atomic E-state index is 12.6. The number of halogens is 1. The van der Waals surface area contributed by atoms with Crippen LogP contribution in [-0.4, -0.2) is 36.9 Å². The molecule has 6 heteroatoms. The first kappa shape index (κ1) is 19.6. The van der Waals surface area contributed by atoms with Gasteiger partial charge < -0.3 is 15.0 Å². The summed E-state index contributed by atoms with van der Waals surface area (Å²) in [6.07, 6.45) is 1.94. The molecule has 138 valence electrons. The van der Waals surface area contributed by atoms with Crippen molar-refractivity contribution in [3.8, 4) is 5.75 Å². The minimum atomic E-state index is -0.0937. The second kappa shape index (κ2) is 8.56. The smallest absolute Gasteiger partial charge is 0.227 e. The first-order chi connectivity index (χ1) is 11.8. The van der Waals surface area contributed by atoms with Crippen molar-refractivity contribution in [3.63, 3.8) is 0 Å². The number of carbonyl (C=O) groups excluding carboxylic acids is 2. The van der Waals surface area contributed by atoms with Crippen LogP contribution in [0.1, 0.15) is 38.7 Å². The summed E-state index contributed by atoms with van der Waals surface area (Å²) < 4.78 is 5.30. The van der Waals surface area contributed by atoms with E-state index in [1.165, 1.54) is 0 Å². The molecule has 1 saturated heterocycles. The third-order valence-corrected chi connectivity index (χ3v) is 4.95. The standard InChI is InChI=1S/C19H27ClN2O3/c1-12(2)9-18(23)22-7-5-14(6-8-22)19(24)21-16-10-13(3)15(20)11-17(16)25-4/h10-12,14H,5-9H2,1-4H3,(H,21,24). The fraction of sp³-hybridized carbons (Fsp3) is 0.579. The molecule has 0 aliphatic carbocycles. The number of methoxy groups -OCH3 is 1. The molecule has 0 saturated carbocycles. The van der Waals surface area contributed by atoms with Gasteiger partial charge in [-0.3, -0.25) is 9.59 Å². The first-order valence-electron chi connectivity index (χ1n) is 8.74. The number of benzene rings is 1. The average Bonchev–Trinajstić information content (AvgIpc) is 2.57. The molecule has 2 amide bonds. The third kappa shape index (κ3) is 5.11. The van der Waals surface area contributed by atoms with Crippen LogP contribution in [0.2, 0.25) is 5.02 Å². The van der Waals surface area contributed by atoms with E-state index >= 15 is 0 Å². The van der Waals surface area contributed by atoms with E-state index in [0.717, 1.165) is 5.56 Å². The highest BCUT2D eigenvalue weighted by Crippen LogP contribution is 2.32. The van der Waals surface area contributed by atoms with E-state index < -0.39 is 0 Å². The van der Waals surface area contributed by atoms with Crippen molar-refractivity contribution in [2.24, 2.45) is 11.8 Å². The Balaban J connectivity index is 1.95. The Kier molecular flexibility index (Phi) is 6.71. The zero-order valence-corrected chi connectivity index (χ0v) is 16.2. The lowest BCUT2D eigenvalue weighted by Crippen LogP contribution is -2.41. The van der Waals surface area contributed by atoms with Gasteiger partial charge in [-0.05, 0) is 37.3 Å². The number of anilines is 1. The van der Waals surface area contributed by atoms with E-state index in [9.17, 15) is 9.59 Å². The maximum Gasteiger partial charge on any atom is 0.227 e. The lowest BCUT2D eigenvalue weighted by molar-refractivity contribution is -0.135. The molecule has 0 radical (unpaired) electrons. The number of nitrogens with zero attached hydrogens (tertiary/aromatic N) is 1. The molecule has 2 rings (SSSR count). The summed E-state index contributed by atoms with van der Waals surface area (Å²) in [7, 11) is 1.55. The van der Waals surface area contributed by atoms with Gasteiger partial charge in [0, 0.05) is 36.5 Å². The fourth-order valence-corrected chi connectivity index (χ4v) is 3.19. The number of nitrogens with one attached hydrogen (secondary N) is 1. The predicted molar refractivity (Wildman–Crippen MR) is 100 cm³/mol. The van der Waals surface area contributed by atoms with Gasteiger partial charge in [0.2, 0.25) is 11.8 Å². The van der Waals surface area contributed by atoms with Gasteiger partial charge in [-0.15, -0.1) is 0 Å². The lowest BCUT2D eigenvalue weighted by atomic mass is 9.95. The van der Waals surface area contributed by atoms with Crippen LogP contribution in [0.3, 0.4) is 0 Å². The van der Waals surface area contributed by atoms with Crippen LogP contribution in [0.15, 0.2) is 12.1 Å². The predicted octanol–water partition coefficient (Wildman–Crippen LogP) is 3.88. The Morgan fingerprint density at radius 2 is 1.96 bits per heavy atom. The third-order valence-electron chi connectivity index (χ3n) is 4.54. The van der Waals surface area contributed by atoms with Gasteiger partial charge in [0.05, 0.1) is 12.8 Å². The second-order valence-electron chi connectivity index (χ2n) is 7.04. The summed E-state index contributed by atoms with van der Waals surface area (Å²) in [4.78, 5) is 26.6. The number of ether oxygens (including phenoxy) is 1.